The summed E-state index contributed by atoms with van der Waals surface area (Å²) in [7, 11) is 0. The minimum atomic E-state index is -0.315. The number of aromatic nitrogens is 1. The van der Waals surface area contributed by atoms with E-state index in [1.165, 1.54) is 0 Å². The van der Waals surface area contributed by atoms with Gasteiger partial charge in [0, 0.05) is 17.1 Å². The Morgan fingerprint density at radius 1 is 1.05 bits per heavy atom. The molecule has 104 valence electrons. The van der Waals surface area contributed by atoms with Crippen molar-refractivity contribution in [2.75, 3.05) is 6.61 Å². The van der Waals surface area contributed by atoms with Crippen LogP contribution in [0.5, 0.6) is 0 Å². The number of rotatable bonds is 4. The second-order valence-electron chi connectivity index (χ2n) is 4.66. The molecule has 1 heterocycles. The molecular weight excluding hydrogens is 262 g/mol. The SMILES string of the molecule is O=C(OC/C=C\c1ccccc1)c1c[nH]c2ccccc12. The van der Waals surface area contributed by atoms with Gasteiger partial charge in [0.2, 0.25) is 0 Å². The summed E-state index contributed by atoms with van der Waals surface area (Å²) in [4.78, 5) is 15.1. The lowest BCUT2D eigenvalue weighted by molar-refractivity contribution is 0.0552. The van der Waals surface area contributed by atoms with E-state index in [1.54, 1.807) is 6.20 Å². The lowest BCUT2D eigenvalue weighted by Crippen LogP contribution is -2.04. The summed E-state index contributed by atoms with van der Waals surface area (Å²) in [6, 6.07) is 17.6. The Hall–Kier alpha value is -2.81. The maximum Gasteiger partial charge on any atom is 0.340 e. The number of fused-ring (bicyclic) bond motifs is 1. The van der Waals surface area contributed by atoms with Crippen molar-refractivity contribution in [2.45, 2.75) is 0 Å². The fourth-order valence-electron chi connectivity index (χ4n) is 2.19. The first-order chi connectivity index (χ1) is 10.3. The van der Waals surface area contributed by atoms with E-state index in [0.717, 1.165) is 16.5 Å². The van der Waals surface area contributed by atoms with E-state index in [-0.39, 0.29) is 12.6 Å². The molecular formula is C18H15NO2. The number of benzene rings is 2. The van der Waals surface area contributed by atoms with Gasteiger partial charge in [-0.1, -0.05) is 54.6 Å². The Labute approximate surface area is 122 Å². The van der Waals surface area contributed by atoms with Gasteiger partial charge >= 0.3 is 5.97 Å². The number of carbonyl (C=O) groups excluding carboxylic acids is 1. The molecule has 3 nitrogen and oxygen atoms in total. The fraction of sp³-hybridized carbons (Fsp3) is 0.0556. The number of aromatic amines is 1. The molecule has 0 atom stereocenters. The number of H-pyrrole nitrogens is 1. The zero-order chi connectivity index (χ0) is 14.5. The highest BCUT2D eigenvalue weighted by Gasteiger charge is 2.11. The molecule has 0 fully saturated rings. The third-order valence-corrected chi connectivity index (χ3v) is 3.23. The smallest absolute Gasteiger partial charge is 0.340 e. The molecule has 0 aliphatic heterocycles. The Kier molecular flexibility index (Phi) is 3.83. The Bertz CT molecular complexity index is 772. The summed E-state index contributed by atoms with van der Waals surface area (Å²) >= 11 is 0. The third kappa shape index (κ3) is 3.03. The number of hydrogen-bond donors (Lipinski definition) is 1. The molecule has 3 aromatic rings. The number of hydrogen-bond acceptors (Lipinski definition) is 2. The minimum absolute atomic E-state index is 0.257. The molecule has 0 aliphatic rings. The molecule has 0 spiro atoms. The molecule has 0 saturated heterocycles. The van der Waals surface area contributed by atoms with E-state index < -0.39 is 0 Å². The van der Waals surface area contributed by atoms with Gasteiger partial charge in [-0.3, -0.25) is 0 Å². The fourth-order valence-corrected chi connectivity index (χ4v) is 2.19. The van der Waals surface area contributed by atoms with Crippen LogP contribution < -0.4 is 0 Å². The lowest BCUT2D eigenvalue weighted by Gasteiger charge is -2.00. The van der Waals surface area contributed by atoms with E-state index in [2.05, 4.69) is 4.98 Å². The molecule has 0 saturated carbocycles. The highest BCUT2D eigenvalue weighted by Crippen LogP contribution is 2.18. The summed E-state index contributed by atoms with van der Waals surface area (Å²) < 4.78 is 5.27. The Morgan fingerprint density at radius 2 is 1.81 bits per heavy atom. The maximum atomic E-state index is 12.1. The van der Waals surface area contributed by atoms with E-state index in [0.29, 0.717) is 5.56 Å². The van der Waals surface area contributed by atoms with Crippen molar-refractivity contribution in [3.05, 3.63) is 78.0 Å². The van der Waals surface area contributed by atoms with Gasteiger partial charge in [-0.2, -0.15) is 0 Å². The van der Waals surface area contributed by atoms with E-state index in [1.807, 2.05) is 66.7 Å². The molecule has 0 aliphatic carbocycles. The third-order valence-electron chi connectivity index (χ3n) is 3.23. The van der Waals surface area contributed by atoms with Crippen LogP contribution >= 0.6 is 0 Å². The van der Waals surface area contributed by atoms with Crippen LogP contribution in [-0.2, 0) is 4.74 Å². The van der Waals surface area contributed by atoms with E-state index in [4.69, 9.17) is 4.74 Å². The van der Waals surface area contributed by atoms with Crippen LogP contribution in [0.3, 0.4) is 0 Å². The molecule has 0 radical (unpaired) electrons. The first-order valence-corrected chi connectivity index (χ1v) is 6.79. The average molecular weight is 277 g/mol. The van der Waals surface area contributed by atoms with Crippen molar-refractivity contribution < 1.29 is 9.53 Å². The van der Waals surface area contributed by atoms with Crippen molar-refractivity contribution >= 4 is 22.9 Å². The average Bonchev–Trinajstić information content (AvgIpc) is 2.96. The number of para-hydroxylation sites is 1. The topological polar surface area (TPSA) is 42.1 Å². The van der Waals surface area contributed by atoms with Gasteiger partial charge in [-0.15, -0.1) is 0 Å². The lowest BCUT2D eigenvalue weighted by atomic mass is 10.2. The zero-order valence-electron chi connectivity index (χ0n) is 11.5. The highest BCUT2D eigenvalue weighted by atomic mass is 16.5. The molecule has 1 N–H and O–H groups in total. The van der Waals surface area contributed by atoms with E-state index in [9.17, 15) is 4.79 Å². The molecule has 0 amide bonds. The molecule has 1 aromatic heterocycles. The summed E-state index contributed by atoms with van der Waals surface area (Å²) in [6.07, 6.45) is 5.46. The Morgan fingerprint density at radius 3 is 2.67 bits per heavy atom. The van der Waals surface area contributed by atoms with Crippen LogP contribution in [-0.4, -0.2) is 17.6 Å². The zero-order valence-corrected chi connectivity index (χ0v) is 11.5. The molecule has 3 heteroatoms. The monoisotopic (exact) mass is 277 g/mol. The molecule has 0 unspecified atom stereocenters. The van der Waals surface area contributed by atoms with Crippen LogP contribution in [0.25, 0.3) is 17.0 Å². The standard InChI is InChI=1S/C18H15NO2/c20-18(16-13-19-17-11-5-4-10-15(16)17)21-12-6-9-14-7-2-1-3-8-14/h1-11,13,19H,12H2/b9-6-. The van der Waals surface area contributed by atoms with Gasteiger partial charge in [-0.05, 0) is 17.7 Å². The number of carbonyl (C=O) groups is 1. The van der Waals surface area contributed by atoms with Crippen molar-refractivity contribution in [1.29, 1.82) is 0 Å². The van der Waals surface area contributed by atoms with Crippen LogP contribution in [0.1, 0.15) is 15.9 Å². The van der Waals surface area contributed by atoms with Crippen LogP contribution in [0.4, 0.5) is 0 Å². The van der Waals surface area contributed by atoms with Crippen molar-refractivity contribution in [2.24, 2.45) is 0 Å². The summed E-state index contributed by atoms with van der Waals surface area (Å²) in [5.41, 5.74) is 2.59. The van der Waals surface area contributed by atoms with Gasteiger partial charge in [0.25, 0.3) is 0 Å². The summed E-state index contributed by atoms with van der Waals surface area (Å²) in [6.45, 7) is 0.257. The second-order valence-corrected chi connectivity index (χ2v) is 4.66. The van der Waals surface area contributed by atoms with Gasteiger partial charge < -0.3 is 9.72 Å². The van der Waals surface area contributed by atoms with E-state index >= 15 is 0 Å². The predicted molar refractivity (Wildman–Crippen MR) is 84.1 cm³/mol. The normalized spacial score (nSPS) is 11.0. The van der Waals surface area contributed by atoms with Crippen molar-refractivity contribution in [3.8, 4) is 0 Å². The number of ether oxygens (including phenoxy) is 1. The number of esters is 1. The largest absolute Gasteiger partial charge is 0.458 e. The summed E-state index contributed by atoms with van der Waals surface area (Å²) in [5.74, 6) is -0.315. The van der Waals surface area contributed by atoms with Gasteiger partial charge in [-0.25, -0.2) is 4.79 Å². The quantitative estimate of drug-likeness (QED) is 0.731. The first-order valence-electron chi connectivity index (χ1n) is 6.79. The number of nitrogens with one attached hydrogen (secondary N) is 1. The maximum absolute atomic E-state index is 12.1. The highest BCUT2D eigenvalue weighted by molar-refractivity contribution is 6.04. The van der Waals surface area contributed by atoms with Crippen LogP contribution in [0.15, 0.2) is 66.9 Å². The molecule has 2 aromatic carbocycles. The molecule has 21 heavy (non-hydrogen) atoms. The second kappa shape index (κ2) is 6.09. The van der Waals surface area contributed by atoms with Crippen LogP contribution in [0, 0.1) is 0 Å². The molecule has 0 bridgehead atoms. The van der Waals surface area contributed by atoms with Crippen molar-refractivity contribution in [1.82, 2.24) is 4.98 Å². The predicted octanol–water partition coefficient (Wildman–Crippen LogP) is 4.04. The van der Waals surface area contributed by atoms with Crippen molar-refractivity contribution in [3.63, 3.8) is 0 Å². The van der Waals surface area contributed by atoms with Gasteiger partial charge in [0.05, 0.1) is 5.56 Å². The van der Waals surface area contributed by atoms with Crippen LogP contribution in [0.2, 0.25) is 0 Å². The first kappa shape index (κ1) is 13.2. The Balaban J connectivity index is 1.63. The summed E-state index contributed by atoms with van der Waals surface area (Å²) in [5, 5.41) is 0.884. The molecule has 3 rings (SSSR count). The van der Waals surface area contributed by atoms with Gasteiger partial charge in [0.1, 0.15) is 6.61 Å². The minimum Gasteiger partial charge on any atom is -0.458 e. The van der Waals surface area contributed by atoms with Gasteiger partial charge in [0.15, 0.2) is 0 Å².